The first-order chi connectivity index (χ1) is 1.89. The van der Waals surface area contributed by atoms with Gasteiger partial charge in [0.2, 0.25) is 0 Å². The summed E-state index contributed by atoms with van der Waals surface area (Å²) in [5.74, 6) is 0. The van der Waals surface area contributed by atoms with Gasteiger partial charge in [-0.15, -0.1) is 0 Å². The third kappa shape index (κ3) is 0.165. The molecule has 24 valence electrons. The lowest BCUT2D eigenvalue weighted by molar-refractivity contribution is 0.0850. The molecule has 0 bridgehead atoms. The molecule has 0 saturated carbocycles. The molecule has 1 fully saturated rings. The molecular weight excluding hydrogens is 63.0 g/mol. The van der Waals surface area contributed by atoms with Crippen molar-refractivity contribution in [2.75, 3.05) is 0 Å². The zero-order valence-electron chi connectivity index (χ0n) is 1.77. The van der Waals surface area contributed by atoms with Crippen LogP contribution in [-0.4, -0.2) is 6.54 Å². The molecule has 1 rings (SSSR count). The Balaban J connectivity index is 2.17. The molecule has 0 aromatic rings. The van der Waals surface area contributed by atoms with E-state index in [0.29, 0.717) is 0 Å². The average Bonchev–Trinajstić information content (AvgIpc) is 1.75. The normalized spacial score (nSPS) is 26.2. The van der Waals surface area contributed by atoms with E-state index in [2.05, 4.69) is 9.78 Å². The summed E-state index contributed by atoms with van der Waals surface area (Å²) in [7, 11) is 0. The van der Waals surface area contributed by atoms with Crippen molar-refractivity contribution in [3.63, 3.8) is 0 Å². The van der Waals surface area contributed by atoms with E-state index in [9.17, 15) is 4.39 Å². The number of rotatable bonds is 0. The van der Waals surface area contributed by atoms with Crippen LogP contribution in [0.2, 0.25) is 0 Å². The second-order valence-electron chi connectivity index (χ2n) is 0.467. The summed E-state index contributed by atoms with van der Waals surface area (Å²) in [6.45, 7) is -1.42. The first-order valence-electron chi connectivity index (χ1n) is 0.856. The number of alkyl halides is 1. The number of hydrogen-bond acceptors (Lipinski definition) is 2. The lowest BCUT2D eigenvalue weighted by Gasteiger charge is -1.37. The highest BCUT2D eigenvalue weighted by atomic mass is 19.2. The van der Waals surface area contributed by atoms with E-state index in [1.165, 1.54) is 0 Å². The van der Waals surface area contributed by atoms with E-state index in [1.807, 2.05) is 0 Å². The fourth-order valence-corrected chi connectivity index (χ4v) is 0.0210. The highest BCUT2D eigenvalue weighted by molar-refractivity contribution is 4.07. The molecular formula is CHFO2. The third-order valence-electron chi connectivity index (χ3n) is 0.169. The molecule has 0 aromatic carbocycles. The monoisotopic (exact) mass is 64.0 g/mol. The van der Waals surface area contributed by atoms with Gasteiger partial charge in [-0.3, -0.25) is 0 Å². The van der Waals surface area contributed by atoms with E-state index in [4.69, 9.17) is 0 Å². The van der Waals surface area contributed by atoms with Gasteiger partial charge in [-0.1, -0.05) is 0 Å². The minimum absolute atomic E-state index is 1.42. The maximum atomic E-state index is 10.7. The van der Waals surface area contributed by atoms with Gasteiger partial charge in [0.25, 0.3) is 0 Å². The molecule has 0 radical (unpaired) electrons. The van der Waals surface area contributed by atoms with Crippen LogP contribution in [0.5, 0.6) is 0 Å². The Bertz CT molecular complexity index is 25.2. The number of halogens is 1. The van der Waals surface area contributed by atoms with Crippen LogP contribution >= 0.6 is 0 Å². The van der Waals surface area contributed by atoms with Crippen LogP contribution in [0.3, 0.4) is 0 Å². The molecule has 1 heterocycles. The molecule has 4 heavy (non-hydrogen) atoms. The largest absolute Gasteiger partial charge is 0.363 e. The highest BCUT2D eigenvalue weighted by Crippen LogP contribution is 2.10. The van der Waals surface area contributed by atoms with Gasteiger partial charge in [0.1, 0.15) is 0 Å². The van der Waals surface area contributed by atoms with Gasteiger partial charge in [0.15, 0.2) is 0 Å². The SMILES string of the molecule is FC1OO1. The van der Waals surface area contributed by atoms with E-state index < -0.39 is 6.54 Å². The van der Waals surface area contributed by atoms with Crippen LogP contribution in [-0.2, 0) is 9.78 Å². The third-order valence-corrected chi connectivity index (χ3v) is 0.169. The Hall–Kier alpha value is -0.150. The van der Waals surface area contributed by atoms with Crippen molar-refractivity contribution in [3.8, 4) is 0 Å². The predicted molar refractivity (Wildman–Crippen MR) is 7.07 cm³/mol. The van der Waals surface area contributed by atoms with Crippen molar-refractivity contribution in [1.29, 1.82) is 0 Å². The lowest BCUT2D eigenvalue weighted by Crippen LogP contribution is -1.53. The standard InChI is InChI=1S/CHFO2/c2-1-3-4-1/h1H. The van der Waals surface area contributed by atoms with Gasteiger partial charge >= 0.3 is 6.54 Å². The van der Waals surface area contributed by atoms with E-state index >= 15 is 0 Å². The van der Waals surface area contributed by atoms with Gasteiger partial charge in [-0.05, 0) is 0 Å². The zero-order chi connectivity index (χ0) is 2.99. The van der Waals surface area contributed by atoms with Crippen LogP contribution in [0.1, 0.15) is 0 Å². The summed E-state index contributed by atoms with van der Waals surface area (Å²) in [6, 6.07) is 0. The van der Waals surface area contributed by atoms with Gasteiger partial charge < -0.3 is 0 Å². The Morgan fingerprint density at radius 2 is 1.75 bits per heavy atom. The second kappa shape index (κ2) is 0.415. The van der Waals surface area contributed by atoms with Crippen LogP contribution < -0.4 is 0 Å². The zero-order valence-corrected chi connectivity index (χ0v) is 1.77. The first kappa shape index (κ1) is 2.11. The Kier molecular flexibility index (Phi) is 0.219. The molecule has 0 aliphatic carbocycles. The highest BCUT2D eigenvalue weighted by Gasteiger charge is 2.22. The van der Waals surface area contributed by atoms with Gasteiger partial charge in [0, 0.05) is 0 Å². The average molecular weight is 64.0 g/mol. The molecule has 1 aliphatic heterocycles. The minimum Gasteiger partial charge on any atom is -0.178 e. The van der Waals surface area contributed by atoms with Crippen LogP contribution in [0, 0.1) is 0 Å². The summed E-state index contributed by atoms with van der Waals surface area (Å²) in [5.41, 5.74) is 0. The van der Waals surface area contributed by atoms with Gasteiger partial charge in [-0.2, -0.15) is 14.2 Å². The Morgan fingerprint density at radius 3 is 1.75 bits per heavy atom. The van der Waals surface area contributed by atoms with Crippen molar-refractivity contribution >= 4 is 0 Å². The molecule has 0 spiro atoms. The van der Waals surface area contributed by atoms with E-state index in [-0.39, 0.29) is 0 Å². The van der Waals surface area contributed by atoms with Crippen molar-refractivity contribution in [3.05, 3.63) is 0 Å². The first-order valence-corrected chi connectivity index (χ1v) is 0.856. The van der Waals surface area contributed by atoms with Crippen molar-refractivity contribution in [1.82, 2.24) is 0 Å². The smallest absolute Gasteiger partial charge is 0.178 e. The van der Waals surface area contributed by atoms with Crippen molar-refractivity contribution < 1.29 is 14.2 Å². The van der Waals surface area contributed by atoms with Crippen LogP contribution in [0.15, 0.2) is 0 Å². The molecule has 2 nitrogen and oxygen atoms in total. The fraction of sp³-hybridized carbons (Fsp3) is 1.00. The molecule has 1 saturated heterocycles. The summed E-state index contributed by atoms with van der Waals surface area (Å²) in [4.78, 5) is 7.08. The summed E-state index contributed by atoms with van der Waals surface area (Å²) in [5, 5.41) is 0. The van der Waals surface area contributed by atoms with Crippen LogP contribution in [0.25, 0.3) is 0 Å². The van der Waals surface area contributed by atoms with Gasteiger partial charge in [-0.25, -0.2) is 0 Å². The Morgan fingerprint density at radius 1 is 1.50 bits per heavy atom. The summed E-state index contributed by atoms with van der Waals surface area (Å²) < 4.78 is 10.7. The minimum atomic E-state index is -1.42. The van der Waals surface area contributed by atoms with Crippen molar-refractivity contribution in [2.24, 2.45) is 0 Å². The molecule has 0 aromatic heterocycles. The number of hydrogen-bond donors (Lipinski definition) is 0. The predicted octanol–water partition coefficient (Wildman–Crippen LogP) is 0.201. The molecule has 0 N–H and O–H groups in total. The van der Waals surface area contributed by atoms with Gasteiger partial charge in [0.05, 0.1) is 0 Å². The lowest BCUT2D eigenvalue weighted by atomic mass is 11.5. The maximum absolute atomic E-state index is 10.7. The van der Waals surface area contributed by atoms with Crippen LogP contribution in [0.4, 0.5) is 4.39 Å². The summed E-state index contributed by atoms with van der Waals surface area (Å²) >= 11 is 0. The van der Waals surface area contributed by atoms with E-state index in [0.717, 1.165) is 0 Å². The Labute approximate surface area is 22.1 Å². The maximum Gasteiger partial charge on any atom is 0.363 e. The molecule has 1 aliphatic rings. The van der Waals surface area contributed by atoms with E-state index in [1.54, 1.807) is 0 Å². The van der Waals surface area contributed by atoms with Crippen molar-refractivity contribution in [2.45, 2.75) is 6.54 Å². The topological polar surface area (TPSA) is 25.1 Å². The molecule has 3 heteroatoms. The second-order valence-corrected chi connectivity index (χ2v) is 0.467. The quantitative estimate of drug-likeness (QED) is 0.297. The summed E-state index contributed by atoms with van der Waals surface area (Å²) in [6.07, 6.45) is 0. The molecule has 0 atom stereocenters. The molecule has 0 unspecified atom stereocenters. The fourth-order valence-electron chi connectivity index (χ4n) is 0.0210. The molecule has 0 amide bonds.